The van der Waals surface area contributed by atoms with Crippen LogP contribution in [-0.2, 0) is 4.79 Å². The van der Waals surface area contributed by atoms with Gasteiger partial charge in [0.2, 0.25) is 5.91 Å². The number of carbonyl (C=O) groups is 1. The van der Waals surface area contributed by atoms with Gasteiger partial charge >= 0.3 is 0 Å². The molecule has 3 N–H and O–H groups in total. The third-order valence-corrected chi connectivity index (χ3v) is 6.57. The van der Waals surface area contributed by atoms with Crippen LogP contribution in [0.15, 0.2) is 0 Å². The molecule has 2 rings (SSSR count). The Morgan fingerprint density at radius 1 is 1.30 bits per heavy atom. The highest BCUT2D eigenvalue weighted by Gasteiger charge is 2.41. The lowest BCUT2D eigenvalue weighted by Gasteiger charge is -2.40. The molecule has 4 heteroatoms. The minimum atomic E-state index is -0.440. The van der Waals surface area contributed by atoms with E-state index in [0.717, 1.165) is 37.0 Å². The summed E-state index contributed by atoms with van der Waals surface area (Å²) in [6.07, 6.45) is 9.68. The fourth-order valence-corrected chi connectivity index (χ4v) is 5.89. The summed E-state index contributed by atoms with van der Waals surface area (Å²) in [6, 6.07) is 0. The maximum absolute atomic E-state index is 11.9. The molecule has 116 valence electrons. The van der Waals surface area contributed by atoms with E-state index in [0.29, 0.717) is 5.25 Å². The minimum absolute atomic E-state index is 0.151. The highest BCUT2D eigenvalue weighted by atomic mass is 32.2. The predicted molar refractivity (Wildman–Crippen MR) is 86.9 cm³/mol. The number of hydrogen-bond donors (Lipinski definition) is 2. The second-order valence-electron chi connectivity index (χ2n) is 6.72. The summed E-state index contributed by atoms with van der Waals surface area (Å²) in [5.74, 6) is 0.723. The van der Waals surface area contributed by atoms with Crippen molar-refractivity contribution in [3.8, 4) is 0 Å². The maximum atomic E-state index is 11.9. The van der Waals surface area contributed by atoms with Gasteiger partial charge in [-0.1, -0.05) is 26.7 Å². The standard InChI is InChI=1S/C16H30N2OS/c1-3-18-16(15(17)19)9-5-8-14(11-16)20-13-7-4-6-12(2)10-13/h12-14,18H,3-11H2,1-2H3,(H2,17,19). The molecule has 2 saturated carbocycles. The lowest BCUT2D eigenvalue weighted by Crippen LogP contribution is -2.58. The van der Waals surface area contributed by atoms with Gasteiger partial charge in [0.15, 0.2) is 0 Å². The van der Waals surface area contributed by atoms with E-state index >= 15 is 0 Å². The van der Waals surface area contributed by atoms with Gasteiger partial charge < -0.3 is 11.1 Å². The fourth-order valence-electron chi connectivity index (χ4n) is 3.92. The Kier molecular flexibility index (Phi) is 5.79. The van der Waals surface area contributed by atoms with Gasteiger partial charge in [0.25, 0.3) is 0 Å². The van der Waals surface area contributed by atoms with Crippen molar-refractivity contribution in [3.63, 3.8) is 0 Å². The first-order chi connectivity index (χ1) is 9.55. The quantitative estimate of drug-likeness (QED) is 0.820. The van der Waals surface area contributed by atoms with Crippen molar-refractivity contribution in [3.05, 3.63) is 0 Å². The summed E-state index contributed by atoms with van der Waals surface area (Å²) in [5, 5.41) is 4.79. The van der Waals surface area contributed by atoms with Crippen LogP contribution in [0, 0.1) is 5.92 Å². The van der Waals surface area contributed by atoms with Crippen molar-refractivity contribution in [2.75, 3.05) is 6.54 Å². The van der Waals surface area contributed by atoms with Gasteiger partial charge in [-0.15, -0.1) is 0 Å². The summed E-state index contributed by atoms with van der Waals surface area (Å²) in [7, 11) is 0. The van der Waals surface area contributed by atoms with E-state index in [2.05, 4.69) is 30.9 Å². The molecule has 0 aliphatic heterocycles. The molecule has 4 unspecified atom stereocenters. The van der Waals surface area contributed by atoms with Crippen molar-refractivity contribution in [1.29, 1.82) is 0 Å². The molecule has 0 heterocycles. The van der Waals surface area contributed by atoms with E-state index in [1.54, 1.807) is 0 Å². The lowest BCUT2D eigenvalue weighted by atomic mass is 9.80. The molecule has 2 aliphatic carbocycles. The number of nitrogens with one attached hydrogen (secondary N) is 1. The smallest absolute Gasteiger partial charge is 0.237 e. The average Bonchev–Trinajstić information content (AvgIpc) is 2.39. The van der Waals surface area contributed by atoms with Crippen LogP contribution in [0.3, 0.4) is 0 Å². The lowest BCUT2D eigenvalue weighted by molar-refractivity contribution is -0.125. The van der Waals surface area contributed by atoms with Gasteiger partial charge in [0, 0.05) is 10.5 Å². The Balaban J connectivity index is 1.93. The molecule has 1 amide bonds. The van der Waals surface area contributed by atoms with Crippen LogP contribution in [0.2, 0.25) is 0 Å². The molecule has 4 atom stereocenters. The normalized spacial score (nSPS) is 38.6. The minimum Gasteiger partial charge on any atom is -0.368 e. The molecule has 3 nitrogen and oxygen atoms in total. The van der Waals surface area contributed by atoms with E-state index in [-0.39, 0.29) is 5.91 Å². The monoisotopic (exact) mass is 298 g/mol. The fraction of sp³-hybridized carbons (Fsp3) is 0.938. The first kappa shape index (κ1) is 16.2. The Morgan fingerprint density at radius 3 is 2.70 bits per heavy atom. The molecule has 0 spiro atoms. The van der Waals surface area contributed by atoms with Gasteiger partial charge in [-0.2, -0.15) is 11.8 Å². The Morgan fingerprint density at radius 2 is 2.05 bits per heavy atom. The summed E-state index contributed by atoms with van der Waals surface area (Å²) >= 11 is 2.14. The van der Waals surface area contributed by atoms with Crippen LogP contribution in [0.5, 0.6) is 0 Å². The zero-order valence-electron chi connectivity index (χ0n) is 13.0. The number of hydrogen-bond acceptors (Lipinski definition) is 3. The molecule has 20 heavy (non-hydrogen) atoms. The van der Waals surface area contributed by atoms with Gasteiger partial charge in [-0.05, 0) is 51.0 Å². The largest absolute Gasteiger partial charge is 0.368 e. The van der Waals surface area contributed by atoms with Crippen LogP contribution in [0.25, 0.3) is 0 Å². The number of amides is 1. The number of primary amides is 1. The topological polar surface area (TPSA) is 55.1 Å². The second-order valence-corrected chi connectivity index (χ2v) is 8.33. The molecular formula is C16H30N2OS. The summed E-state index contributed by atoms with van der Waals surface area (Å²) in [4.78, 5) is 11.9. The Hall–Kier alpha value is -0.220. The molecule has 0 radical (unpaired) electrons. The molecular weight excluding hydrogens is 268 g/mol. The third kappa shape index (κ3) is 3.91. The summed E-state index contributed by atoms with van der Waals surface area (Å²) < 4.78 is 0. The molecule has 0 aromatic carbocycles. The third-order valence-electron chi connectivity index (χ3n) is 4.97. The van der Waals surface area contributed by atoms with Crippen molar-refractivity contribution in [1.82, 2.24) is 5.32 Å². The van der Waals surface area contributed by atoms with E-state index in [4.69, 9.17) is 5.73 Å². The predicted octanol–water partition coefficient (Wildman–Crippen LogP) is 3.07. The average molecular weight is 298 g/mol. The Labute approximate surface area is 127 Å². The number of nitrogens with two attached hydrogens (primary N) is 1. The molecule has 0 aromatic heterocycles. The van der Waals surface area contributed by atoms with E-state index in [1.165, 1.54) is 32.1 Å². The van der Waals surface area contributed by atoms with Crippen molar-refractivity contribution < 1.29 is 4.79 Å². The first-order valence-electron chi connectivity index (χ1n) is 8.26. The van der Waals surface area contributed by atoms with Crippen LogP contribution in [0.1, 0.15) is 65.2 Å². The SMILES string of the molecule is CCNC1(C(N)=O)CCCC(SC2CCCC(C)C2)C1. The van der Waals surface area contributed by atoms with Gasteiger partial charge in [-0.3, -0.25) is 4.79 Å². The molecule has 0 aromatic rings. The second kappa shape index (κ2) is 7.17. The van der Waals surface area contributed by atoms with Crippen molar-refractivity contribution in [2.24, 2.45) is 11.7 Å². The Bertz CT molecular complexity index is 332. The highest BCUT2D eigenvalue weighted by molar-refractivity contribution is 8.00. The molecule has 0 bridgehead atoms. The van der Waals surface area contributed by atoms with Crippen molar-refractivity contribution >= 4 is 17.7 Å². The van der Waals surface area contributed by atoms with E-state index in [9.17, 15) is 4.79 Å². The summed E-state index contributed by atoms with van der Waals surface area (Å²) in [5.41, 5.74) is 5.26. The van der Waals surface area contributed by atoms with Gasteiger partial charge in [-0.25, -0.2) is 0 Å². The number of carbonyl (C=O) groups excluding carboxylic acids is 1. The zero-order valence-corrected chi connectivity index (χ0v) is 13.8. The van der Waals surface area contributed by atoms with Crippen LogP contribution in [0.4, 0.5) is 0 Å². The van der Waals surface area contributed by atoms with Crippen LogP contribution >= 0.6 is 11.8 Å². The van der Waals surface area contributed by atoms with E-state index < -0.39 is 5.54 Å². The first-order valence-corrected chi connectivity index (χ1v) is 9.20. The van der Waals surface area contributed by atoms with Gasteiger partial charge in [0.05, 0.1) is 5.54 Å². The van der Waals surface area contributed by atoms with Gasteiger partial charge in [0.1, 0.15) is 0 Å². The highest BCUT2D eigenvalue weighted by Crippen LogP contribution is 2.41. The molecule has 0 saturated heterocycles. The summed E-state index contributed by atoms with van der Waals surface area (Å²) in [6.45, 7) is 5.25. The number of rotatable bonds is 5. The number of thioether (sulfide) groups is 1. The van der Waals surface area contributed by atoms with Crippen molar-refractivity contribution in [2.45, 2.75) is 81.3 Å². The number of likely N-dealkylation sites (N-methyl/N-ethyl adjacent to an activating group) is 1. The zero-order chi connectivity index (χ0) is 14.6. The maximum Gasteiger partial charge on any atom is 0.237 e. The van der Waals surface area contributed by atoms with Crippen LogP contribution < -0.4 is 11.1 Å². The van der Waals surface area contributed by atoms with E-state index in [1.807, 2.05) is 0 Å². The van der Waals surface area contributed by atoms with Crippen LogP contribution in [-0.4, -0.2) is 28.5 Å². The molecule has 2 fully saturated rings. The molecule has 2 aliphatic rings.